The molecule has 98 valence electrons. The number of hydrogen-bond acceptors (Lipinski definition) is 1. The van der Waals surface area contributed by atoms with E-state index >= 15 is 0 Å². The highest BCUT2D eigenvalue weighted by Crippen LogP contribution is 2.30. The van der Waals surface area contributed by atoms with E-state index in [0.717, 1.165) is 17.8 Å². The molecule has 0 aromatic heterocycles. The molecule has 0 bridgehead atoms. The minimum Gasteiger partial charge on any atom is -0.312 e. The fourth-order valence-corrected chi connectivity index (χ4v) is 2.60. The summed E-state index contributed by atoms with van der Waals surface area (Å²) in [4.78, 5) is 13.9. The molecule has 1 aromatic carbocycles. The van der Waals surface area contributed by atoms with Crippen molar-refractivity contribution < 1.29 is 4.79 Å². The van der Waals surface area contributed by atoms with Crippen molar-refractivity contribution in [2.75, 3.05) is 17.3 Å². The van der Waals surface area contributed by atoms with Gasteiger partial charge in [0, 0.05) is 24.5 Å². The molecule has 18 heavy (non-hydrogen) atoms. The van der Waals surface area contributed by atoms with Crippen LogP contribution in [0.25, 0.3) is 0 Å². The van der Waals surface area contributed by atoms with Crippen molar-refractivity contribution in [1.82, 2.24) is 0 Å². The zero-order chi connectivity index (χ0) is 13.3. The molecule has 0 radical (unpaired) electrons. The van der Waals surface area contributed by atoms with Gasteiger partial charge in [0.25, 0.3) is 0 Å². The van der Waals surface area contributed by atoms with Crippen LogP contribution in [0.5, 0.6) is 0 Å². The number of aryl methyl sites for hydroxylation is 1. The van der Waals surface area contributed by atoms with E-state index in [1.54, 1.807) is 0 Å². The van der Waals surface area contributed by atoms with Gasteiger partial charge in [0.1, 0.15) is 0 Å². The molecular formula is C15H20ClNO. The average molecular weight is 266 g/mol. The number of benzene rings is 1. The summed E-state index contributed by atoms with van der Waals surface area (Å²) in [6.07, 6.45) is 0.578. The van der Waals surface area contributed by atoms with Crippen LogP contribution in [0, 0.1) is 12.8 Å². The highest BCUT2D eigenvalue weighted by molar-refractivity contribution is 6.18. The third kappa shape index (κ3) is 2.54. The fraction of sp³-hybridized carbons (Fsp3) is 0.533. The van der Waals surface area contributed by atoms with Gasteiger partial charge in [-0.15, -0.1) is 11.6 Å². The second-order valence-corrected chi connectivity index (χ2v) is 5.74. The third-order valence-corrected chi connectivity index (χ3v) is 4.05. The lowest BCUT2D eigenvalue weighted by atomic mass is 10.0. The predicted octanol–water partition coefficient (Wildman–Crippen LogP) is 3.71. The Balaban J connectivity index is 2.33. The van der Waals surface area contributed by atoms with Gasteiger partial charge in [0.05, 0.1) is 0 Å². The first kappa shape index (κ1) is 13.4. The maximum Gasteiger partial charge on any atom is 0.227 e. The topological polar surface area (TPSA) is 20.3 Å². The number of halogens is 1. The molecular weight excluding hydrogens is 246 g/mol. The van der Waals surface area contributed by atoms with E-state index in [1.165, 1.54) is 5.56 Å². The minimum absolute atomic E-state index is 0.199. The molecule has 1 fully saturated rings. The van der Waals surface area contributed by atoms with E-state index in [4.69, 9.17) is 11.6 Å². The monoisotopic (exact) mass is 265 g/mol. The van der Waals surface area contributed by atoms with Crippen molar-refractivity contribution in [1.29, 1.82) is 0 Å². The van der Waals surface area contributed by atoms with Gasteiger partial charge in [-0.25, -0.2) is 0 Å². The molecule has 1 aliphatic rings. The van der Waals surface area contributed by atoms with Crippen LogP contribution in [-0.2, 0) is 4.79 Å². The van der Waals surface area contributed by atoms with Gasteiger partial charge in [-0.05, 0) is 36.0 Å². The molecule has 0 aliphatic carbocycles. The van der Waals surface area contributed by atoms with Crippen LogP contribution in [-0.4, -0.2) is 18.3 Å². The van der Waals surface area contributed by atoms with E-state index in [9.17, 15) is 4.79 Å². The van der Waals surface area contributed by atoms with Crippen LogP contribution in [0.2, 0.25) is 0 Å². The van der Waals surface area contributed by atoms with E-state index in [0.29, 0.717) is 24.1 Å². The van der Waals surface area contributed by atoms with Gasteiger partial charge in [0.15, 0.2) is 0 Å². The Bertz CT molecular complexity index is 456. The van der Waals surface area contributed by atoms with Gasteiger partial charge in [-0.1, -0.05) is 26.0 Å². The summed E-state index contributed by atoms with van der Waals surface area (Å²) in [6, 6.07) is 6.39. The molecule has 2 rings (SSSR count). The second-order valence-electron chi connectivity index (χ2n) is 5.43. The van der Waals surface area contributed by atoms with Crippen LogP contribution in [0.3, 0.4) is 0 Å². The molecule has 0 saturated carbocycles. The predicted molar refractivity (Wildman–Crippen MR) is 76.4 cm³/mol. The Labute approximate surface area is 114 Å². The Morgan fingerprint density at radius 1 is 1.44 bits per heavy atom. The van der Waals surface area contributed by atoms with Crippen LogP contribution in [0.1, 0.15) is 37.3 Å². The molecule has 1 heterocycles. The fourth-order valence-electron chi connectivity index (χ4n) is 2.39. The summed E-state index contributed by atoms with van der Waals surface area (Å²) >= 11 is 5.87. The largest absolute Gasteiger partial charge is 0.312 e. The summed E-state index contributed by atoms with van der Waals surface area (Å²) in [5, 5.41) is 0. The van der Waals surface area contributed by atoms with Crippen molar-refractivity contribution in [2.45, 2.75) is 33.1 Å². The minimum atomic E-state index is 0.199. The zero-order valence-electron chi connectivity index (χ0n) is 11.2. The Kier molecular flexibility index (Phi) is 3.96. The summed E-state index contributed by atoms with van der Waals surface area (Å²) < 4.78 is 0. The summed E-state index contributed by atoms with van der Waals surface area (Å²) in [5.74, 6) is 1.53. The first-order chi connectivity index (χ1) is 8.52. The van der Waals surface area contributed by atoms with Gasteiger partial charge in [-0.2, -0.15) is 0 Å². The maximum absolute atomic E-state index is 12.0. The number of alkyl halides is 1. The van der Waals surface area contributed by atoms with Gasteiger partial charge < -0.3 is 4.90 Å². The lowest BCUT2D eigenvalue weighted by Gasteiger charge is -2.21. The molecule has 0 N–H and O–H groups in total. The first-order valence-electron chi connectivity index (χ1n) is 6.49. The van der Waals surface area contributed by atoms with Crippen LogP contribution >= 0.6 is 11.6 Å². The van der Waals surface area contributed by atoms with Crippen LogP contribution < -0.4 is 4.90 Å². The number of carbonyl (C=O) groups is 1. The van der Waals surface area contributed by atoms with Crippen molar-refractivity contribution >= 4 is 23.2 Å². The number of nitrogens with zero attached hydrogens (tertiary/aromatic N) is 1. The number of rotatable bonds is 3. The smallest absolute Gasteiger partial charge is 0.227 e. The van der Waals surface area contributed by atoms with Gasteiger partial charge >= 0.3 is 0 Å². The lowest BCUT2D eigenvalue weighted by Crippen LogP contribution is -2.25. The molecule has 1 saturated heterocycles. The first-order valence-corrected chi connectivity index (χ1v) is 7.03. The maximum atomic E-state index is 12.0. The quantitative estimate of drug-likeness (QED) is 0.763. The third-order valence-electron chi connectivity index (χ3n) is 3.61. The van der Waals surface area contributed by atoms with Crippen molar-refractivity contribution in [3.8, 4) is 0 Å². The molecule has 1 atom stereocenters. The summed E-state index contributed by atoms with van der Waals surface area (Å²) in [5.41, 5.74) is 3.49. The highest BCUT2D eigenvalue weighted by Gasteiger charge is 2.30. The Hall–Kier alpha value is -1.02. The second kappa shape index (κ2) is 5.31. The molecule has 2 nitrogen and oxygen atoms in total. The standard InChI is InChI=1S/C15H20ClNO/c1-10(2)13-5-4-11(3)14(7-13)17-9-12(8-16)6-15(17)18/h4-5,7,10,12H,6,8-9H2,1-3H3. The van der Waals surface area contributed by atoms with E-state index < -0.39 is 0 Å². The SMILES string of the molecule is Cc1ccc(C(C)C)cc1N1CC(CCl)CC1=O. The van der Waals surface area contributed by atoms with Gasteiger partial charge in [0.2, 0.25) is 5.91 Å². The van der Waals surface area contributed by atoms with Crippen LogP contribution in [0.15, 0.2) is 18.2 Å². The molecule has 1 unspecified atom stereocenters. The van der Waals surface area contributed by atoms with Crippen molar-refractivity contribution in [3.05, 3.63) is 29.3 Å². The van der Waals surface area contributed by atoms with Crippen molar-refractivity contribution in [2.24, 2.45) is 5.92 Å². The van der Waals surface area contributed by atoms with E-state index in [1.807, 2.05) is 4.90 Å². The number of amides is 1. The average Bonchev–Trinajstić information content (AvgIpc) is 2.71. The normalized spacial score (nSPS) is 19.9. The molecule has 0 spiro atoms. The van der Waals surface area contributed by atoms with E-state index in [-0.39, 0.29) is 5.91 Å². The van der Waals surface area contributed by atoms with E-state index in [2.05, 4.69) is 39.0 Å². The summed E-state index contributed by atoms with van der Waals surface area (Å²) in [6.45, 7) is 7.15. The van der Waals surface area contributed by atoms with Crippen molar-refractivity contribution in [3.63, 3.8) is 0 Å². The van der Waals surface area contributed by atoms with Gasteiger partial charge in [-0.3, -0.25) is 4.79 Å². The highest BCUT2D eigenvalue weighted by atomic mass is 35.5. The molecule has 1 aromatic rings. The molecule has 3 heteroatoms. The van der Waals surface area contributed by atoms with Crippen LogP contribution in [0.4, 0.5) is 5.69 Å². The Morgan fingerprint density at radius 2 is 2.17 bits per heavy atom. The zero-order valence-corrected chi connectivity index (χ0v) is 12.0. The molecule has 1 aliphatic heterocycles. The lowest BCUT2D eigenvalue weighted by molar-refractivity contribution is -0.117. The number of hydrogen-bond donors (Lipinski definition) is 0. The Morgan fingerprint density at radius 3 is 2.72 bits per heavy atom. The molecule has 1 amide bonds. The number of carbonyl (C=O) groups excluding carboxylic acids is 1. The number of anilines is 1. The summed E-state index contributed by atoms with van der Waals surface area (Å²) in [7, 11) is 0.